The molecule has 0 aromatic rings. The summed E-state index contributed by atoms with van der Waals surface area (Å²) in [5, 5.41) is 11.1. The van der Waals surface area contributed by atoms with E-state index in [9.17, 15) is 9.59 Å². The maximum atomic E-state index is 11.6. The van der Waals surface area contributed by atoms with Crippen molar-refractivity contribution in [3.8, 4) is 0 Å². The summed E-state index contributed by atoms with van der Waals surface area (Å²) >= 11 is 0. The normalized spacial score (nSPS) is 22.2. The van der Waals surface area contributed by atoms with Crippen molar-refractivity contribution in [2.24, 2.45) is 0 Å². The van der Waals surface area contributed by atoms with Gasteiger partial charge in [0.1, 0.15) is 0 Å². The van der Waals surface area contributed by atoms with E-state index in [0.29, 0.717) is 6.54 Å². The quantitative estimate of drug-likeness (QED) is 0.673. The zero-order valence-corrected chi connectivity index (χ0v) is 9.48. The van der Waals surface area contributed by atoms with E-state index in [1.165, 1.54) is 0 Å². The molecule has 0 spiro atoms. The van der Waals surface area contributed by atoms with Crippen molar-refractivity contribution in [2.75, 3.05) is 20.1 Å². The standard InChI is InChI=1S/C11H18N2O3/c1-12-11(16)9-5-2-3-7-13(9)8-4-6-10(14)15/h4,6,9H,2-3,5,7-8H2,1H3,(H,12,16)(H,14,15). The third kappa shape index (κ3) is 3.66. The minimum Gasteiger partial charge on any atom is -0.478 e. The highest BCUT2D eigenvalue weighted by Crippen LogP contribution is 2.16. The van der Waals surface area contributed by atoms with Crippen molar-refractivity contribution in [1.29, 1.82) is 0 Å². The number of carboxylic acid groups (broad SMARTS) is 1. The summed E-state index contributed by atoms with van der Waals surface area (Å²) in [6.45, 7) is 1.37. The SMILES string of the molecule is CNC(=O)C1CCCCN1CC=CC(=O)O. The van der Waals surface area contributed by atoms with Gasteiger partial charge in [-0.1, -0.05) is 12.5 Å². The minimum absolute atomic E-state index is 0.0171. The van der Waals surface area contributed by atoms with Crippen LogP contribution in [0.5, 0.6) is 0 Å². The second-order valence-corrected chi connectivity index (χ2v) is 3.86. The van der Waals surface area contributed by atoms with Crippen molar-refractivity contribution in [3.05, 3.63) is 12.2 Å². The first-order chi connectivity index (χ1) is 7.65. The lowest BCUT2D eigenvalue weighted by Gasteiger charge is -2.33. The van der Waals surface area contributed by atoms with Crippen LogP contribution in [-0.4, -0.2) is 48.1 Å². The van der Waals surface area contributed by atoms with Crippen molar-refractivity contribution in [2.45, 2.75) is 25.3 Å². The average Bonchev–Trinajstić information content (AvgIpc) is 2.28. The van der Waals surface area contributed by atoms with E-state index in [-0.39, 0.29) is 11.9 Å². The third-order valence-electron chi connectivity index (χ3n) is 2.76. The Labute approximate surface area is 95.1 Å². The second kappa shape index (κ2) is 6.27. The number of carboxylic acids is 1. The van der Waals surface area contributed by atoms with Crippen LogP contribution in [0.2, 0.25) is 0 Å². The van der Waals surface area contributed by atoms with Gasteiger partial charge in [-0.3, -0.25) is 9.69 Å². The molecule has 5 nitrogen and oxygen atoms in total. The highest BCUT2D eigenvalue weighted by atomic mass is 16.4. The monoisotopic (exact) mass is 226 g/mol. The number of carbonyl (C=O) groups excluding carboxylic acids is 1. The fourth-order valence-corrected chi connectivity index (χ4v) is 1.96. The molecule has 1 aliphatic rings. The predicted molar refractivity (Wildman–Crippen MR) is 60.1 cm³/mol. The number of nitrogens with zero attached hydrogens (tertiary/aromatic N) is 1. The van der Waals surface area contributed by atoms with Gasteiger partial charge in [0.25, 0.3) is 0 Å². The molecule has 0 saturated carbocycles. The van der Waals surface area contributed by atoms with Crippen LogP contribution in [0.3, 0.4) is 0 Å². The number of rotatable bonds is 4. The number of aliphatic carboxylic acids is 1. The fraction of sp³-hybridized carbons (Fsp3) is 0.636. The number of hydrogen-bond donors (Lipinski definition) is 2. The number of hydrogen-bond acceptors (Lipinski definition) is 3. The third-order valence-corrected chi connectivity index (χ3v) is 2.76. The van der Waals surface area contributed by atoms with Crippen LogP contribution in [0.4, 0.5) is 0 Å². The van der Waals surface area contributed by atoms with Gasteiger partial charge >= 0.3 is 5.97 Å². The molecule has 16 heavy (non-hydrogen) atoms. The molecule has 1 unspecified atom stereocenters. The van der Waals surface area contributed by atoms with Crippen molar-refractivity contribution >= 4 is 11.9 Å². The summed E-state index contributed by atoms with van der Waals surface area (Å²) < 4.78 is 0. The summed E-state index contributed by atoms with van der Waals surface area (Å²) in [6.07, 6.45) is 5.67. The van der Waals surface area contributed by atoms with Gasteiger partial charge in [-0.2, -0.15) is 0 Å². The molecule has 1 saturated heterocycles. The maximum absolute atomic E-state index is 11.6. The molecule has 5 heteroatoms. The Morgan fingerprint density at radius 3 is 2.88 bits per heavy atom. The second-order valence-electron chi connectivity index (χ2n) is 3.86. The first kappa shape index (κ1) is 12.7. The Bertz CT molecular complexity index is 289. The molecule has 0 aromatic carbocycles. The van der Waals surface area contributed by atoms with Crippen molar-refractivity contribution in [1.82, 2.24) is 10.2 Å². The number of amides is 1. The lowest BCUT2D eigenvalue weighted by Crippen LogP contribution is -2.48. The topological polar surface area (TPSA) is 69.6 Å². The molecule has 0 aliphatic carbocycles. The number of carbonyl (C=O) groups is 2. The van der Waals surface area contributed by atoms with Crippen molar-refractivity contribution < 1.29 is 14.7 Å². The zero-order chi connectivity index (χ0) is 12.0. The summed E-state index contributed by atoms with van der Waals surface area (Å²) in [5.41, 5.74) is 0. The van der Waals surface area contributed by atoms with E-state index in [4.69, 9.17) is 5.11 Å². The summed E-state index contributed by atoms with van der Waals surface area (Å²) in [7, 11) is 1.63. The zero-order valence-electron chi connectivity index (χ0n) is 9.48. The summed E-state index contributed by atoms with van der Waals surface area (Å²) in [4.78, 5) is 23.9. The predicted octanol–water partition coefficient (Wildman–Crippen LogP) is 0.228. The van der Waals surface area contributed by atoms with Gasteiger partial charge in [-0.15, -0.1) is 0 Å². The van der Waals surface area contributed by atoms with Gasteiger partial charge in [0.05, 0.1) is 6.04 Å². The number of likely N-dealkylation sites (N-methyl/N-ethyl adjacent to an activating group) is 1. The van der Waals surface area contributed by atoms with Crippen LogP contribution in [0.25, 0.3) is 0 Å². The van der Waals surface area contributed by atoms with E-state index in [2.05, 4.69) is 5.32 Å². The number of nitrogens with one attached hydrogen (secondary N) is 1. The smallest absolute Gasteiger partial charge is 0.328 e. The molecule has 1 heterocycles. The highest BCUT2D eigenvalue weighted by Gasteiger charge is 2.26. The Morgan fingerprint density at radius 2 is 2.25 bits per heavy atom. The molecule has 90 valence electrons. The Balaban J connectivity index is 2.53. The summed E-state index contributed by atoms with van der Waals surface area (Å²) in [6, 6.07) is -0.114. The van der Waals surface area contributed by atoms with Gasteiger partial charge < -0.3 is 10.4 Å². The van der Waals surface area contributed by atoms with Gasteiger partial charge in [0.15, 0.2) is 0 Å². The molecule has 1 amide bonds. The molecule has 1 aliphatic heterocycles. The van der Waals surface area contributed by atoms with Gasteiger partial charge in [-0.05, 0) is 19.4 Å². The van der Waals surface area contributed by atoms with Crippen LogP contribution in [0.15, 0.2) is 12.2 Å². The largest absolute Gasteiger partial charge is 0.478 e. The molecule has 0 radical (unpaired) electrons. The molecular weight excluding hydrogens is 208 g/mol. The van der Waals surface area contributed by atoms with Gasteiger partial charge in [0.2, 0.25) is 5.91 Å². The molecular formula is C11H18N2O3. The first-order valence-electron chi connectivity index (χ1n) is 5.50. The number of likely N-dealkylation sites (tertiary alicyclic amines) is 1. The van der Waals surface area contributed by atoms with Crippen LogP contribution in [-0.2, 0) is 9.59 Å². The minimum atomic E-state index is -0.950. The van der Waals surface area contributed by atoms with Crippen LogP contribution in [0, 0.1) is 0 Å². The van der Waals surface area contributed by atoms with E-state index < -0.39 is 5.97 Å². The summed E-state index contributed by atoms with van der Waals surface area (Å²) in [5.74, 6) is -0.933. The molecule has 0 aromatic heterocycles. The first-order valence-corrected chi connectivity index (χ1v) is 5.50. The fourth-order valence-electron chi connectivity index (χ4n) is 1.96. The lowest BCUT2D eigenvalue weighted by atomic mass is 10.0. The molecule has 1 atom stereocenters. The van der Waals surface area contributed by atoms with E-state index in [0.717, 1.165) is 31.9 Å². The average molecular weight is 226 g/mol. The highest BCUT2D eigenvalue weighted by molar-refractivity contribution is 5.81. The van der Waals surface area contributed by atoms with Crippen LogP contribution < -0.4 is 5.32 Å². The van der Waals surface area contributed by atoms with Gasteiger partial charge in [-0.25, -0.2) is 4.79 Å². The molecule has 0 bridgehead atoms. The molecule has 1 rings (SSSR count). The Kier molecular flexibility index (Phi) is 4.98. The van der Waals surface area contributed by atoms with Gasteiger partial charge in [0, 0.05) is 19.7 Å². The van der Waals surface area contributed by atoms with E-state index in [1.807, 2.05) is 4.90 Å². The van der Waals surface area contributed by atoms with Crippen molar-refractivity contribution in [3.63, 3.8) is 0 Å². The van der Waals surface area contributed by atoms with Crippen LogP contribution >= 0.6 is 0 Å². The van der Waals surface area contributed by atoms with E-state index in [1.54, 1.807) is 13.1 Å². The van der Waals surface area contributed by atoms with E-state index >= 15 is 0 Å². The van der Waals surface area contributed by atoms with Crippen LogP contribution in [0.1, 0.15) is 19.3 Å². The Morgan fingerprint density at radius 1 is 1.50 bits per heavy atom. The number of piperidine rings is 1. The Hall–Kier alpha value is -1.36. The molecule has 2 N–H and O–H groups in total. The molecule has 1 fully saturated rings. The lowest BCUT2D eigenvalue weighted by molar-refractivity contribution is -0.131. The maximum Gasteiger partial charge on any atom is 0.328 e.